The Bertz CT molecular complexity index is 739. The van der Waals surface area contributed by atoms with E-state index in [0.29, 0.717) is 30.4 Å². The van der Waals surface area contributed by atoms with Gasteiger partial charge in [0.1, 0.15) is 5.75 Å². The smallest absolute Gasteiger partial charge is 0.243 e. The summed E-state index contributed by atoms with van der Waals surface area (Å²) in [6, 6.07) is 4.68. The minimum atomic E-state index is -3.56. The average molecular weight is 366 g/mol. The summed E-state index contributed by atoms with van der Waals surface area (Å²) in [4.78, 5) is 12.4. The van der Waals surface area contributed by atoms with Crippen molar-refractivity contribution in [1.82, 2.24) is 4.31 Å². The summed E-state index contributed by atoms with van der Waals surface area (Å²) in [5.41, 5.74) is 0.419. The number of nitrogens with one attached hydrogen (secondary N) is 1. The second-order valence-corrected chi connectivity index (χ2v) is 8.93. The number of methoxy groups -OCH3 is 1. The number of ether oxygens (including phenoxy) is 1. The molecule has 25 heavy (non-hydrogen) atoms. The summed E-state index contributed by atoms with van der Waals surface area (Å²) in [6.07, 6.45) is 4.78. The molecule has 1 aliphatic heterocycles. The van der Waals surface area contributed by atoms with Crippen molar-refractivity contribution in [3.05, 3.63) is 18.2 Å². The maximum Gasteiger partial charge on any atom is 0.243 e. The van der Waals surface area contributed by atoms with Crippen molar-refractivity contribution in [2.24, 2.45) is 11.8 Å². The molecule has 0 unspecified atom stereocenters. The molecule has 0 radical (unpaired) electrons. The molecule has 1 heterocycles. The van der Waals surface area contributed by atoms with Crippen molar-refractivity contribution in [3.63, 3.8) is 0 Å². The Labute approximate surface area is 149 Å². The first-order chi connectivity index (χ1) is 11.9. The summed E-state index contributed by atoms with van der Waals surface area (Å²) in [6.45, 7) is 3.13. The third-order valence-corrected chi connectivity index (χ3v) is 6.97. The van der Waals surface area contributed by atoms with Crippen molar-refractivity contribution in [2.75, 3.05) is 25.5 Å². The predicted octanol–water partition coefficient (Wildman–Crippen LogP) is 2.85. The van der Waals surface area contributed by atoms with Gasteiger partial charge >= 0.3 is 0 Å². The predicted molar refractivity (Wildman–Crippen MR) is 96.1 cm³/mol. The van der Waals surface area contributed by atoms with Crippen LogP contribution in [0.4, 0.5) is 5.69 Å². The largest absolute Gasteiger partial charge is 0.495 e. The van der Waals surface area contributed by atoms with E-state index in [1.165, 1.54) is 13.2 Å². The highest BCUT2D eigenvalue weighted by atomic mass is 32.2. The topological polar surface area (TPSA) is 75.7 Å². The quantitative estimate of drug-likeness (QED) is 0.869. The molecule has 1 aromatic rings. The Kier molecular flexibility index (Phi) is 5.34. The van der Waals surface area contributed by atoms with Crippen LogP contribution < -0.4 is 10.1 Å². The molecular weight excluding hydrogens is 340 g/mol. The van der Waals surface area contributed by atoms with E-state index in [4.69, 9.17) is 4.74 Å². The van der Waals surface area contributed by atoms with Gasteiger partial charge in [0.2, 0.25) is 15.9 Å². The molecule has 6 nitrogen and oxygen atoms in total. The van der Waals surface area contributed by atoms with Crippen molar-refractivity contribution in [3.8, 4) is 5.75 Å². The lowest BCUT2D eigenvalue weighted by atomic mass is 10.2. The van der Waals surface area contributed by atoms with Crippen LogP contribution in [0.15, 0.2) is 23.1 Å². The summed E-state index contributed by atoms with van der Waals surface area (Å²) >= 11 is 0. The zero-order valence-electron chi connectivity index (χ0n) is 14.8. The number of hydrogen-bond acceptors (Lipinski definition) is 4. The number of amides is 1. The molecule has 2 aliphatic rings. The minimum absolute atomic E-state index is 0.00979. The normalized spacial score (nSPS) is 24.4. The molecule has 138 valence electrons. The lowest BCUT2D eigenvalue weighted by molar-refractivity contribution is -0.117. The van der Waals surface area contributed by atoms with Crippen LogP contribution in [0.25, 0.3) is 0 Å². The van der Waals surface area contributed by atoms with E-state index in [0.717, 1.165) is 32.1 Å². The van der Waals surface area contributed by atoms with Gasteiger partial charge in [-0.3, -0.25) is 4.79 Å². The van der Waals surface area contributed by atoms with Crippen LogP contribution in [-0.2, 0) is 14.8 Å². The van der Waals surface area contributed by atoms with Crippen LogP contribution in [0.5, 0.6) is 5.75 Å². The van der Waals surface area contributed by atoms with Crippen molar-refractivity contribution in [2.45, 2.75) is 43.9 Å². The SMILES string of the molecule is COc1ccc(S(=O)(=O)N2CCCCCC2)cc1NC(=O)[C@@H]1C[C@H]1C. The van der Waals surface area contributed by atoms with Crippen LogP contribution >= 0.6 is 0 Å². The fourth-order valence-electron chi connectivity index (χ4n) is 3.29. The van der Waals surface area contributed by atoms with E-state index in [2.05, 4.69) is 5.32 Å². The van der Waals surface area contributed by atoms with E-state index in [9.17, 15) is 13.2 Å². The third-order valence-electron chi connectivity index (χ3n) is 5.08. The van der Waals surface area contributed by atoms with E-state index in [1.807, 2.05) is 6.92 Å². The molecular formula is C18H26N2O4S. The summed E-state index contributed by atoms with van der Waals surface area (Å²) in [5, 5.41) is 2.83. The van der Waals surface area contributed by atoms with Gasteiger partial charge < -0.3 is 10.1 Å². The van der Waals surface area contributed by atoms with Gasteiger partial charge in [-0.05, 0) is 43.4 Å². The Hall–Kier alpha value is -1.60. The average Bonchev–Trinajstić information content (AvgIpc) is 3.37. The van der Waals surface area contributed by atoms with Gasteiger partial charge in [-0.2, -0.15) is 4.31 Å². The number of anilines is 1. The lowest BCUT2D eigenvalue weighted by Crippen LogP contribution is -2.32. The van der Waals surface area contributed by atoms with Gasteiger partial charge in [-0.25, -0.2) is 8.42 Å². The Morgan fingerprint density at radius 1 is 1.20 bits per heavy atom. The van der Waals surface area contributed by atoms with Crippen LogP contribution in [-0.4, -0.2) is 38.8 Å². The summed E-state index contributed by atoms with van der Waals surface area (Å²) < 4.78 is 32.7. The molecule has 1 saturated heterocycles. The van der Waals surface area contributed by atoms with Crippen molar-refractivity contribution in [1.29, 1.82) is 0 Å². The second-order valence-electron chi connectivity index (χ2n) is 6.99. The number of sulfonamides is 1. The Morgan fingerprint density at radius 2 is 1.84 bits per heavy atom. The van der Waals surface area contributed by atoms with E-state index in [-0.39, 0.29) is 16.7 Å². The highest BCUT2D eigenvalue weighted by Crippen LogP contribution is 2.39. The fraction of sp³-hybridized carbons (Fsp3) is 0.611. The molecule has 0 bridgehead atoms. The Balaban J connectivity index is 1.86. The van der Waals surface area contributed by atoms with Gasteiger partial charge in [0.15, 0.2) is 0 Å². The molecule has 0 spiro atoms. The molecule has 1 aromatic carbocycles. The first-order valence-corrected chi connectivity index (χ1v) is 10.4. The van der Waals surface area contributed by atoms with Gasteiger partial charge in [-0.15, -0.1) is 0 Å². The summed E-state index contributed by atoms with van der Waals surface area (Å²) in [5.74, 6) is 0.789. The summed E-state index contributed by atoms with van der Waals surface area (Å²) in [7, 11) is -2.05. The van der Waals surface area contributed by atoms with Gasteiger partial charge in [-0.1, -0.05) is 19.8 Å². The number of hydrogen-bond donors (Lipinski definition) is 1. The molecule has 1 amide bonds. The number of nitrogens with zero attached hydrogens (tertiary/aromatic N) is 1. The van der Waals surface area contributed by atoms with Crippen LogP contribution in [0.1, 0.15) is 39.0 Å². The Morgan fingerprint density at radius 3 is 2.40 bits per heavy atom. The number of carbonyl (C=O) groups excluding carboxylic acids is 1. The molecule has 2 atom stereocenters. The number of carbonyl (C=O) groups is 1. The monoisotopic (exact) mass is 366 g/mol. The maximum absolute atomic E-state index is 12.9. The number of benzene rings is 1. The molecule has 1 saturated carbocycles. The first kappa shape index (κ1) is 18.2. The standard InChI is InChI=1S/C18H26N2O4S/c1-13-11-15(13)18(21)19-16-12-14(7-8-17(16)24-2)25(22,23)20-9-5-3-4-6-10-20/h7-8,12-13,15H,3-6,9-11H2,1-2H3,(H,19,21)/t13-,15-/m1/s1. The molecule has 2 fully saturated rings. The number of rotatable bonds is 5. The van der Waals surface area contributed by atoms with E-state index >= 15 is 0 Å². The lowest BCUT2D eigenvalue weighted by Gasteiger charge is -2.21. The minimum Gasteiger partial charge on any atom is -0.495 e. The highest BCUT2D eigenvalue weighted by Gasteiger charge is 2.39. The molecule has 7 heteroatoms. The van der Waals surface area contributed by atoms with Crippen molar-refractivity contribution >= 4 is 21.6 Å². The van der Waals surface area contributed by atoms with Gasteiger partial charge in [0, 0.05) is 19.0 Å². The zero-order chi connectivity index (χ0) is 18.0. The van der Waals surface area contributed by atoms with E-state index < -0.39 is 10.0 Å². The van der Waals surface area contributed by atoms with Crippen molar-refractivity contribution < 1.29 is 17.9 Å². The van der Waals surface area contributed by atoms with Gasteiger partial charge in [0.25, 0.3) is 0 Å². The third kappa shape index (κ3) is 3.98. The van der Waals surface area contributed by atoms with Gasteiger partial charge in [0.05, 0.1) is 17.7 Å². The molecule has 3 rings (SSSR count). The highest BCUT2D eigenvalue weighted by molar-refractivity contribution is 7.89. The maximum atomic E-state index is 12.9. The second kappa shape index (κ2) is 7.33. The van der Waals surface area contributed by atoms with Crippen LogP contribution in [0.3, 0.4) is 0 Å². The van der Waals surface area contributed by atoms with Crippen LogP contribution in [0, 0.1) is 11.8 Å². The molecule has 1 aliphatic carbocycles. The first-order valence-electron chi connectivity index (χ1n) is 8.92. The van der Waals surface area contributed by atoms with Crippen LogP contribution in [0.2, 0.25) is 0 Å². The fourth-order valence-corrected chi connectivity index (χ4v) is 4.83. The zero-order valence-corrected chi connectivity index (χ0v) is 15.6. The molecule has 1 N–H and O–H groups in total. The van der Waals surface area contributed by atoms with E-state index in [1.54, 1.807) is 16.4 Å². The molecule has 0 aromatic heterocycles.